The first-order valence-corrected chi connectivity index (χ1v) is 36.0. The summed E-state index contributed by atoms with van der Waals surface area (Å²) in [6.07, 6.45) is 86.3. The van der Waals surface area contributed by atoms with E-state index in [1.165, 1.54) is 289 Å². The van der Waals surface area contributed by atoms with Crippen LogP contribution in [0.25, 0.3) is 0 Å². The SMILES string of the molecule is CCCCCC/C=C\CCCCCCCC(=O)OCC(COC(=O)CCCCCCCCCCCCCCCCCCCCCCCCC/C=C\C/C=C\CCCCCCC)OC(=O)CCCCCCCCCCCCCCCC. The summed E-state index contributed by atoms with van der Waals surface area (Å²) in [7, 11) is 0. The van der Waals surface area contributed by atoms with Crippen molar-refractivity contribution in [2.75, 3.05) is 13.2 Å². The van der Waals surface area contributed by atoms with Gasteiger partial charge in [0.25, 0.3) is 0 Å². The molecule has 0 aliphatic heterocycles. The number of carbonyl (C=O) groups excluding carboxylic acids is 3. The maximum atomic E-state index is 12.9. The third kappa shape index (κ3) is 66.4. The lowest BCUT2D eigenvalue weighted by molar-refractivity contribution is -0.167. The van der Waals surface area contributed by atoms with E-state index in [1.54, 1.807) is 0 Å². The minimum atomic E-state index is -0.771. The summed E-state index contributed by atoms with van der Waals surface area (Å²) < 4.78 is 16.9. The number of esters is 3. The molecule has 1 unspecified atom stereocenters. The van der Waals surface area contributed by atoms with E-state index in [9.17, 15) is 14.4 Å². The van der Waals surface area contributed by atoms with Crippen molar-refractivity contribution in [3.63, 3.8) is 0 Å². The molecule has 0 N–H and O–H groups in total. The highest BCUT2D eigenvalue weighted by atomic mass is 16.6. The van der Waals surface area contributed by atoms with Crippen LogP contribution in [0.15, 0.2) is 36.5 Å². The monoisotopic (exact) mass is 1120 g/mol. The molecule has 0 heterocycles. The average molecular weight is 1120 g/mol. The molecule has 0 saturated heterocycles. The Hall–Kier alpha value is -2.37. The Balaban J connectivity index is 4.03. The Bertz CT molecular complexity index is 1340. The Morgan fingerprint density at radius 1 is 0.250 bits per heavy atom. The molecule has 80 heavy (non-hydrogen) atoms. The van der Waals surface area contributed by atoms with E-state index in [-0.39, 0.29) is 31.1 Å². The maximum absolute atomic E-state index is 12.9. The first-order valence-electron chi connectivity index (χ1n) is 36.0. The summed E-state index contributed by atoms with van der Waals surface area (Å²) in [5.74, 6) is -0.849. The minimum absolute atomic E-state index is 0.0681. The predicted octanol–water partition coefficient (Wildman–Crippen LogP) is 24.7. The predicted molar refractivity (Wildman–Crippen MR) is 349 cm³/mol. The minimum Gasteiger partial charge on any atom is -0.462 e. The number of ether oxygens (including phenoxy) is 3. The van der Waals surface area contributed by atoms with E-state index in [2.05, 4.69) is 57.2 Å². The molecule has 6 heteroatoms. The van der Waals surface area contributed by atoms with Gasteiger partial charge >= 0.3 is 17.9 Å². The molecule has 0 amide bonds. The molecule has 0 aromatic rings. The topological polar surface area (TPSA) is 78.9 Å². The van der Waals surface area contributed by atoms with Crippen molar-refractivity contribution in [3.8, 4) is 0 Å². The van der Waals surface area contributed by atoms with Crippen molar-refractivity contribution in [2.45, 2.75) is 406 Å². The van der Waals surface area contributed by atoms with Crippen LogP contribution in [0.5, 0.6) is 0 Å². The molecule has 0 aromatic carbocycles. The number of rotatable bonds is 67. The Kier molecular flexibility index (Phi) is 67.1. The van der Waals surface area contributed by atoms with E-state index in [0.717, 1.165) is 70.6 Å². The van der Waals surface area contributed by atoms with Gasteiger partial charge in [-0.3, -0.25) is 14.4 Å². The van der Waals surface area contributed by atoms with Crippen LogP contribution in [-0.2, 0) is 28.6 Å². The number of hydrogen-bond acceptors (Lipinski definition) is 6. The second kappa shape index (κ2) is 69.1. The van der Waals surface area contributed by atoms with Gasteiger partial charge in [0.05, 0.1) is 0 Å². The molecule has 1 atom stereocenters. The molecule has 0 spiro atoms. The van der Waals surface area contributed by atoms with Gasteiger partial charge in [0.15, 0.2) is 6.10 Å². The van der Waals surface area contributed by atoms with E-state index in [4.69, 9.17) is 14.2 Å². The Morgan fingerprint density at radius 3 is 0.713 bits per heavy atom. The van der Waals surface area contributed by atoms with Gasteiger partial charge in [-0.25, -0.2) is 0 Å². The van der Waals surface area contributed by atoms with Crippen LogP contribution in [0.3, 0.4) is 0 Å². The van der Waals surface area contributed by atoms with Crippen molar-refractivity contribution in [2.24, 2.45) is 0 Å². The molecule has 470 valence electrons. The molecule has 0 rings (SSSR count). The Labute approximate surface area is 499 Å². The van der Waals surface area contributed by atoms with Crippen LogP contribution in [-0.4, -0.2) is 37.2 Å². The standard InChI is InChI=1S/C74H138O6/c1-4-7-10-13-16-19-22-25-27-28-29-30-31-32-33-34-35-36-37-38-39-40-41-42-43-44-45-46-47-50-52-55-58-61-64-67-73(76)79-70-71(69-78-72(75)66-63-60-57-54-51-48-24-21-18-15-12-9-6-3)80-74(77)68-65-62-59-56-53-49-26-23-20-17-14-11-8-5-2/h21-22,24-25,28-29,71H,4-20,23,26-27,30-70H2,1-3H3/b24-21-,25-22-,29-28-. The fraction of sp³-hybridized carbons (Fsp3) is 0.878. The van der Waals surface area contributed by atoms with Gasteiger partial charge in [-0.2, -0.15) is 0 Å². The number of carbonyl (C=O) groups is 3. The molecule has 0 saturated carbocycles. The van der Waals surface area contributed by atoms with Crippen LogP contribution in [0.1, 0.15) is 400 Å². The van der Waals surface area contributed by atoms with E-state index in [1.807, 2.05) is 0 Å². The van der Waals surface area contributed by atoms with Gasteiger partial charge in [0.1, 0.15) is 13.2 Å². The van der Waals surface area contributed by atoms with Crippen LogP contribution in [0.2, 0.25) is 0 Å². The van der Waals surface area contributed by atoms with Crippen molar-refractivity contribution in [1.29, 1.82) is 0 Å². The highest BCUT2D eigenvalue weighted by Crippen LogP contribution is 2.19. The molecular formula is C74H138O6. The summed E-state index contributed by atoms with van der Waals surface area (Å²) in [6, 6.07) is 0. The third-order valence-corrected chi connectivity index (χ3v) is 16.4. The lowest BCUT2D eigenvalue weighted by atomic mass is 10.0. The largest absolute Gasteiger partial charge is 0.462 e. The summed E-state index contributed by atoms with van der Waals surface area (Å²) in [4.78, 5) is 38.3. The fourth-order valence-corrected chi connectivity index (χ4v) is 10.9. The van der Waals surface area contributed by atoms with Crippen LogP contribution in [0, 0.1) is 0 Å². The van der Waals surface area contributed by atoms with Crippen LogP contribution >= 0.6 is 0 Å². The first kappa shape index (κ1) is 77.6. The highest BCUT2D eigenvalue weighted by molar-refractivity contribution is 5.71. The van der Waals surface area contributed by atoms with Gasteiger partial charge in [-0.05, 0) is 77.0 Å². The maximum Gasteiger partial charge on any atom is 0.306 e. The molecule has 0 fully saturated rings. The molecule has 0 aliphatic carbocycles. The van der Waals surface area contributed by atoms with E-state index in [0.29, 0.717) is 19.3 Å². The van der Waals surface area contributed by atoms with Gasteiger partial charge < -0.3 is 14.2 Å². The Morgan fingerprint density at radius 2 is 0.450 bits per heavy atom. The quantitative estimate of drug-likeness (QED) is 0.0261. The van der Waals surface area contributed by atoms with Gasteiger partial charge in [0, 0.05) is 19.3 Å². The molecule has 0 aliphatic rings. The molecule has 0 radical (unpaired) electrons. The summed E-state index contributed by atoms with van der Waals surface area (Å²) >= 11 is 0. The van der Waals surface area contributed by atoms with Gasteiger partial charge in [-0.1, -0.05) is 340 Å². The van der Waals surface area contributed by atoms with Crippen LogP contribution < -0.4 is 0 Å². The van der Waals surface area contributed by atoms with Gasteiger partial charge in [0.2, 0.25) is 0 Å². The normalized spacial score (nSPS) is 12.2. The zero-order valence-electron chi connectivity index (χ0n) is 54.1. The van der Waals surface area contributed by atoms with E-state index < -0.39 is 6.10 Å². The molecule has 0 bridgehead atoms. The second-order valence-electron chi connectivity index (χ2n) is 24.5. The third-order valence-electron chi connectivity index (χ3n) is 16.4. The molecule has 0 aromatic heterocycles. The van der Waals surface area contributed by atoms with Crippen LogP contribution in [0.4, 0.5) is 0 Å². The first-order chi connectivity index (χ1) is 39.5. The number of hydrogen-bond donors (Lipinski definition) is 0. The van der Waals surface area contributed by atoms with Crippen molar-refractivity contribution in [1.82, 2.24) is 0 Å². The number of allylic oxidation sites excluding steroid dienone is 6. The smallest absolute Gasteiger partial charge is 0.306 e. The van der Waals surface area contributed by atoms with Gasteiger partial charge in [-0.15, -0.1) is 0 Å². The van der Waals surface area contributed by atoms with Crippen molar-refractivity contribution < 1.29 is 28.6 Å². The number of unbranched alkanes of at least 4 members (excludes halogenated alkanes) is 50. The zero-order chi connectivity index (χ0) is 57.8. The summed E-state index contributed by atoms with van der Waals surface area (Å²) in [5, 5.41) is 0. The summed E-state index contributed by atoms with van der Waals surface area (Å²) in [6.45, 7) is 6.67. The molecular weight excluding hydrogens is 985 g/mol. The second-order valence-corrected chi connectivity index (χ2v) is 24.5. The van der Waals surface area contributed by atoms with Crippen molar-refractivity contribution >= 4 is 17.9 Å². The zero-order valence-corrected chi connectivity index (χ0v) is 54.1. The fourth-order valence-electron chi connectivity index (χ4n) is 10.9. The lowest BCUT2D eigenvalue weighted by Gasteiger charge is -2.18. The highest BCUT2D eigenvalue weighted by Gasteiger charge is 2.19. The lowest BCUT2D eigenvalue weighted by Crippen LogP contribution is -2.30. The summed E-state index contributed by atoms with van der Waals surface area (Å²) in [5.41, 5.74) is 0. The van der Waals surface area contributed by atoms with Crippen molar-refractivity contribution in [3.05, 3.63) is 36.5 Å². The average Bonchev–Trinajstić information content (AvgIpc) is 3.46. The van der Waals surface area contributed by atoms with E-state index >= 15 is 0 Å². The molecule has 6 nitrogen and oxygen atoms in total.